The fraction of sp³-hybridized carbons (Fsp3) is 0.316. The van der Waals surface area contributed by atoms with Crippen molar-refractivity contribution in [2.45, 2.75) is 43.6 Å². The number of benzene rings is 1. The minimum atomic E-state index is -0.252. The molecule has 2 aromatic heterocycles. The predicted molar refractivity (Wildman–Crippen MR) is 104 cm³/mol. The smallest absolute Gasteiger partial charge is 0.262 e. The molecule has 0 aliphatic carbocycles. The van der Waals surface area contributed by atoms with Crippen molar-refractivity contribution >= 4 is 33.3 Å². The van der Waals surface area contributed by atoms with Crippen LogP contribution in [0.5, 0.6) is 0 Å². The first-order valence-corrected chi connectivity index (χ1v) is 9.95. The van der Waals surface area contributed by atoms with E-state index in [1.165, 1.54) is 17.3 Å². The molecule has 0 spiro atoms. The second kappa shape index (κ2) is 7.85. The van der Waals surface area contributed by atoms with Crippen LogP contribution in [-0.4, -0.2) is 14.8 Å². The molecule has 3 aromatic rings. The van der Waals surface area contributed by atoms with E-state index < -0.39 is 0 Å². The van der Waals surface area contributed by atoms with Gasteiger partial charge in [-0.05, 0) is 31.4 Å². The van der Waals surface area contributed by atoms with Gasteiger partial charge in [-0.1, -0.05) is 49.0 Å². The lowest BCUT2D eigenvalue weighted by molar-refractivity contribution is 0.596. The number of hydrogen-bond donors (Lipinski definition) is 0. The third-order valence-electron chi connectivity index (χ3n) is 3.95. The van der Waals surface area contributed by atoms with E-state index in [-0.39, 0.29) is 10.8 Å². The van der Waals surface area contributed by atoms with Crippen molar-refractivity contribution in [1.82, 2.24) is 9.55 Å². The van der Waals surface area contributed by atoms with Gasteiger partial charge in [0.1, 0.15) is 4.83 Å². The first kappa shape index (κ1) is 17.7. The lowest BCUT2D eigenvalue weighted by atomic mass is 10.1. The van der Waals surface area contributed by atoms with Gasteiger partial charge >= 0.3 is 0 Å². The lowest BCUT2D eigenvalue weighted by Crippen LogP contribution is -2.24. The summed E-state index contributed by atoms with van der Waals surface area (Å²) in [6.07, 6.45) is 1.65. The summed E-state index contributed by atoms with van der Waals surface area (Å²) in [6, 6.07) is 14.3. The third-order valence-corrected chi connectivity index (χ3v) is 6.10. The molecular formula is C19H19N3OS2. The Kier molecular flexibility index (Phi) is 5.57. The van der Waals surface area contributed by atoms with Crippen LogP contribution in [0.2, 0.25) is 0 Å². The van der Waals surface area contributed by atoms with Crippen molar-refractivity contribution in [1.29, 1.82) is 5.26 Å². The molecule has 1 atom stereocenters. The van der Waals surface area contributed by atoms with Crippen LogP contribution in [0, 0.1) is 11.3 Å². The minimum Gasteiger partial charge on any atom is -0.287 e. The summed E-state index contributed by atoms with van der Waals surface area (Å²) in [6.45, 7) is 4.46. The Balaban J connectivity index is 2.03. The SMILES string of the molecule is CCc1cc2c(=O)n(CCc3ccccc3)c(S[C@H](C)C#N)nc2s1. The highest BCUT2D eigenvalue weighted by atomic mass is 32.2. The Labute approximate surface area is 155 Å². The van der Waals surface area contributed by atoms with Gasteiger partial charge in [-0.2, -0.15) is 5.26 Å². The number of hydrogen-bond acceptors (Lipinski definition) is 5. The molecule has 0 radical (unpaired) electrons. The van der Waals surface area contributed by atoms with Gasteiger partial charge in [0.15, 0.2) is 5.16 Å². The molecule has 0 saturated carbocycles. The highest BCUT2D eigenvalue weighted by Crippen LogP contribution is 2.27. The summed E-state index contributed by atoms with van der Waals surface area (Å²) in [4.78, 5) is 19.6. The van der Waals surface area contributed by atoms with E-state index in [1.54, 1.807) is 15.9 Å². The van der Waals surface area contributed by atoms with Gasteiger partial charge in [0.2, 0.25) is 0 Å². The summed E-state index contributed by atoms with van der Waals surface area (Å²) < 4.78 is 1.72. The standard InChI is InChI=1S/C19H19N3OS2/c1-3-15-11-16-17(25-15)21-19(24-13(2)12-20)22(18(16)23)10-9-14-7-5-4-6-8-14/h4-8,11,13H,3,9-10H2,1-2H3/t13-/m1/s1. The number of fused-ring (bicyclic) bond motifs is 1. The van der Waals surface area contributed by atoms with E-state index in [4.69, 9.17) is 10.2 Å². The second-order valence-electron chi connectivity index (χ2n) is 5.76. The van der Waals surface area contributed by atoms with Crippen LogP contribution in [0.3, 0.4) is 0 Å². The van der Waals surface area contributed by atoms with E-state index in [9.17, 15) is 4.79 Å². The maximum absolute atomic E-state index is 13.0. The quantitative estimate of drug-likeness (QED) is 0.481. The number of aromatic nitrogens is 2. The zero-order valence-corrected chi connectivity index (χ0v) is 15.9. The molecule has 0 unspecified atom stereocenters. The molecule has 25 heavy (non-hydrogen) atoms. The van der Waals surface area contributed by atoms with E-state index in [2.05, 4.69) is 25.1 Å². The topological polar surface area (TPSA) is 58.7 Å². The van der Waals surface area contributed by atoms with E-state index in [0.717, 1.165) is 22.5 Å². The van der Waals surface area contributed by atoms with Crippen molar-refractivity contribution in [3.63, 3.8) is 0 Å². The fourth-order valence-electron chi connectivity index (χ4n) is 2.58. The molecular weight excluding hydrogens is 350 g/mol. The third kappa shape index (κ3) is 3.94. The Morgan fingerprint density at radius 2 is 2.12 bits per heavy atom. The molecule has 0 N–H and O–H groups in total. The van der Waals surface area contributed by atoms with E-state index >= 15 is 0 Å². The van der Waals surface area contributed by atoms with Crippen molar-refractivity contribution in [2.75, 3.05) is 0 Å². The number of rotatable bonds is 6. The van der Waals surface area contributed by atoms with Gasteiger partial charge < -0.3 is 0 Å². The largest absolute Gasteiger partial charge is 0.287 e. The van der Waals surface area contributed by atoms with Crippen molar-refractivity contribution in [3.8, 4) is 6.07 Å². The molecule has 0 fully saturated rings. The Morgan fingerprint density at radius 3 is 2.80 bits per heavy atom. The number of aryl methyl sites for hydroxylation is 2. The average Bonchev–Trinajstić information content (AvgIpc) is 3.05. The maximum atomic E-state index is 13.0. The molecule has 0 aliphatic heterocycles. The van der Waals surface area contributed by atoms with Crippen LogP contribution in [0.25, 0.3) is 10.2 Å². The van der Waals surface area contributed by atoms with Gasteiger partial charge in [-0.15, -0.1) is 11.3 Å². The lowest BCUT2D eigenvalue weighted by Gasteiger charge is -2.12. The Bertz CT molecular complexity index is 970. The van der Waals surface area contributed by atoms with Gasteiger partial charge in [0.05, 0.1) is 16.7 Å². The Hall–Kier alpha value is -2.10. The molecule has 128 valence electrons. The summed E-state index contributed by atoms with van der Waals surface area (Å²) in [7, 11) is 0. The molecule has 3 rings (SSSR count). The fourth-order valence-corrected chi connectivity index (χ4v) is 4.41. The number of nitriles is 1. The summed E-state index contributed by atoms with van der Waals surface area (Å²) in [5.41, 5.74) is 1.17. The molecule has 0 bridgehead atoms. The maximum Gasteiger partial charge on any atom is 0.262 e. The Morgan fingerprint density at radius 1 is 1.36 bits per heavy atom. The summed E-state index contributed by atoms with van der Waals surface area (Å²) in [5.74, 6) is 0. The molecule has 0 aliphatic rings. The van der Waals surface area contributed by atoms with Crippen LogP contribution in [-0.2, 0) is 19.4 Å². The van der Waals surface area contributed by atoms with Crippen LogP contribution < -0.4 is 5.56 Å². The van der Waals surface area contributed by atoms with Crippen molar-refractivity contribution < 1.29 is 0 Å². The monoisotopic (exact) mass is 369 g/mol. The number of nitrogens with zero attached hydrogens (tertiary/aromatic N) is 3. The molecule has 0 amide bonds. The highest BCUT2D eigenvalue weighted by molar-refractivity contribution is 8.00. The molecule has 6 heteroatoms. The van der Waals surface area contributed by atoms with Gasteiger partial charge in [-0.25, -0.2) is 4.98 Å². The van der Waals surface area contributed by atoms with Gasteiger partial charge in [-0.3, -0.25) is 9.36 Å². The van der Waals surface area contributed by atoms with Gasteiger partial charge in [0.25, 0.3) is 5.56 Å². The zero-order valence-electron chi connectivity index (χ0n) is 14.2. The van der Waals surface area contributed by atoms with Crippen LogP contribution >= 0.6 is 23.1 Å². The average molecular weight is 370 g/mol. The van der Waals surface area contributed by atoms with Crippen molar-refractivity contribution in [3.05, 3.63) is 57.2 Å². The zero-order chi connectivity index (χ0) is 17.8. The van der Waals surface area contributed by atoms with Crippen LogP contribution in [0.4, 0.5) is 0 Å². The number of thiophene rings is 1. The minimum absolute atomic E-state index is 0.00970. The van der Waals surface area contributed by atoms with E-state index in [0.29, 0.717) is 17.1 Å². The van der Waals surface area contributed by atoms with Gasteiger partial charge in [0, 0.05) is 11.4 Å². The molecule has 1 aromatic carbocycles. The highest BCUT2D eigenvalue weighted by Gasteiger charge is 2.16. The van der Waals surface area contributed by atoms with Crippen LogP contribution in [0.1, 0.15) is 24.3 Å². The molecule has 0 saturated heterocycles. The first-order valence-electron chi connectivity index (χ1n) is 8.25. The number of thioether (sulfide) groups is 1. The predicted octanol–water partition coefficient (Wildman–Crippen LogP) is 4.27. The first-order chi connectivity index (χ1) is 12.1. The van der Waals surface area contributed by atoms with Crippen LogP contribution in [0.15, 0.2) is 46.3 Å². The van der Waals surface area contributed by atoms with E-state index in [1.807, 2.05) is 31.2 Å². The molecule has 4 nitrogen and oxygen atoms in total. The second-order valence-corrected chi connectivity index (χ2v) is 8.18. The molecule has 2 heterocycles. The summed E-state index contributed by atoms with van der Waals surface area (Å²) in [5, 5.41) is 10.2. The summed E-state index contributed by atoms with van der Waals surface area (Å²) >= 11 is 2.91. The van der Waals surface area contributed by atoms with Crippen molar-refractivity contribution in [2.24, 2.45) is 0 Å². The normalized spacial score (nSPS) is 12.2.